The molecule has 2 atom stereocenters. The number of aliphatic carboxylic acids is 2. The van der Waals surface area contributed by atoms with Crippen LogP contribution >= 0.6 is 11.6 Å². The molecule has 326 valence electrons. The Labute approximate surface area is 370 Å². The van der Waals surface area contributed by atoms with E-state index in [0.29, 0.717) is 45.5 Å². The largest absolute Gasteiger partial charge is 0.496 e. The fourth-order valence-electron chi connectivity index (χ4n) is 7.48. The summed E-state index contributed by atoms with van der Waals surface area (Å²) in [5.41, 5.74) is 9.96. The quantitative estimate of drug-likeness (QED) is 0.0411. The number of methoxy groups -OCH3 is 1. The van der Waals surface area contributed by atoms with Crippen molar-refractivity contribution in [1.82, 2.24) is 15.6 Å². The maximum absolute atomic E-state index is 11.0. The van der Waals surface area contributed by atoms with Crippen molar-refractivity contribution in [3.8, 4) is 45.6 Å². The van der Waals surface area contributed by atoms with Gasteiger partial charge in [0.15, 0.2) is 0 Å². The zero-order valence-electron chi connectivity index (χ0n) is 35.2. The van der Waals surface area contributed by atoms with Crippen LogP contribution in [-0.4, -0.2) is 69.8 Å². The van der Waals surface area contributed by atoms with Crippen molar-refractivity contribution in [1.29, 1.82) is 5.26 Å². The first kappa shape index (κ1) is 46.0. The van der Waals surface area contributed by atoms with E-state index in [1.807, 2.05) is 30.3 Å². The monoisotopic (exact) mass is 872 g/mol. The van der Waals surface area contributed by atoms with Crippen LogP contribution in [-0.2, 0) is 35.9 Å². The van der Waals surface area contributed by atoms with Gasteiger partial charge in [0.2, 0.25) is 0 Å². The molecular formula is C49H49ClN4O9. The molecule has 0 aliphatic rings. The highest BCUT2D eigenvalue weighted by Crippen LogP contribution is 2.38. The van der Waals surface area contributed by atoms with Gasteiger partial charge in [0.25, 0.3) is 0 Å². The number of benzene rings is 5. The highest BCUT2D eigenvalue weighted by molar-refractivity contribution is 6.32. The van der Waals surface area contributed by atoms with Gasteiger partial charge >= 0.3 is 11.9 Å². The van der Waals surface area contributed by atoms with Crippen molar-refractivity contribution in [3.05, 3.63) is 141 Å². The fourth-order valence-corrected chi connectivity index (χ4v) is 7.72. The van der Waals surface area contributed by atoms with Gasteiger partial charge in [-0.15, -0.1) is 0 Å². The molecule has 0 saturated heterocycles. The second kappa shape index (κ2) is 21.5. The molecular weight excluding hydrogens is 824 g/mol. The maximum Gasteiger partial charge on any atom is 0.306 e. The number of hydrogen-bond acceptors (Lipinski definition) is 11. The summed E-state index contributed by atoms with van der Waals surface area (Å²) in [6.07, 6.45) is 0.259. The molecule has 6 aromatic rings. The number of carboxylic acids is 2. The number of aliphatic hydroxyl groups excluding tert-OH is 2. The number of fused-ring (bicyclic) bond motifs is 1. The summed E-state index contributed by atoms with van der Waals surface area (Å²) in [5, 5.41) is 56.1. The third-order valence-electron chi connectivity index (χ3n) is 10.7. The van der Waals surface area contributed by atoms with E-state index >= 15 is 0 Å². The number of rotatable bonds is 21. The zero-order chi connectivity index (χ0) is 45.0. The van der Waals surface area contributed by atoms with Gasteiger partial charge < -0.3 is 45.3 Å². The first-order chi connectivity index (χ1) is 30.3. The van der Waals surface area contributed by atoms with Crippen LogP contribution in [0.25, 0.3) is 33.0 Å². The van der Waals surface area contributed by atoms with Crippen molar-refractivity contribution in [3.63, 3.8) is 0 Å². The number of aliphatic hydroxyl groups is 2. The molecule has 5 aromatic carbocycles. The Morgan fingerprint density at radius 2 is 1.41 bits per heavy atom. The molecule has 13 nitrogen and oxygen atoms in total. The van der Waals surface area contributed by atoms with Crippen molar-refractivity contribution in [2.24, 2.45) is 0 Å². The smallest absolute Gasteiger partial charge is 0.306 e. The SMILES string of the molecule is COc1ccc2cc(-c3cccc(-c4cccc(COc5cc(OCc6cncc(C#N)c6)c(CNC[C@@H](O)CC(=O)O)cc5Cl)c4C)c3C)ccc2c1CNC[C@@H](O)CC(=O)O. The van der Waals surface area contributed by atoms with E-state index in [2.05, 4.69) is 71.9 Å². The summed E-state index contributed by atoms with van der Waals surface area (Å²) in [6.45, 7) is 5.25. The highest BCUT2D eigenvalue weighted by Gasteiger charge is 2.18. The minimum absolute atomic E-state index is 0.0390. The molecule has 0 amide bonds. The molecule has 0 saturated carbocycles. The molecule has 0 fully saturated rings. The van der Waals surface area contributed by atoms with Crippen LogP contribution in [0.1, 0.15) is 51.8 Å². The molecule has 0 aliphatic carbocycles. The lowest BCUT2D eigenvalue weighted by Gasteiger charge is -2.19. The van der Waals surface area contributed by atoms with Crippen LogP contribution in [0.3, 0.4) is 0 Å². The lowest BCUT2D eigenvalue weighted by atomic mass is 9.89. The van der Waals surface area contributed by atoms with E-state index in [9.17, 15) is 25.1 Å². The summed E-state index contributed by atoms with van der Waals surface area (Å²) >= 11 is 6.79. The Kier molecular flexibility index (Phi) is 15.7. The summed E-state index contributed by atoms with van der Waals surface area (Å²) in [5.74, 6) is -0.630. The molecule has 0 unspecified atom stereocenters. The molecule has 0 aliphatic heterocycles. The number of nitrogens with one attached hydrogen (secondary N) is 2. The molecule has 1 aromatic heterocycles. The predicted molar refractivity (Wildman–Crippen MR) is 240 cm³/mol. The van der Waals surface area contributed by atoms with Gasteiger partial charge in [0.1, 0.15) is 36.5 Å². The Morgan fingerprint density at radius 3 is 2.11 bits per heavy atom. The summed E-state index contributed by atoms with van der Waals surface area (Å²) in [7, 11) is 1.61. The third kappa shape index (κ3) is 11.9. The molecule has 63 heavy (non-hydrogen) atoms. The number of carbonyl (C=O) groups is 2. The first-order valence-electron chi connectivity index (χ1n) is 20.3. The van der Waals surface area contributed by atoms with Gasteiger partial charge in [-0.2, -0.15) is 5.26 Å². The number of ether oxygens (including phenoxy) is 3. The van der Waals surface area contributed by atoms with Crippen LogP contribution in [0.5, 0.6) is 17.2 Å². The van der Waals surface area contributed by atoms with Crippen molar-refractivity contribution >= 4 is 34.3 Å². The number of hydrogen-bond donors (Lipinski definition) is 6. The molecule has 0 radical (unpaired) electrons. The Balaban J connectivity index is 1.22. The maximum atomic E-state index is 11.0. The number of nitrogens with zero attached hydrogens (tertiary/aromatic N) is 2. The van der Waals surface area contributed by atoms with Crippen molar-refractivity contribution in [2.45, 2.75) is 65.2 Å². The normalized spacial score (nSPS) is 12.1. The van der Waals surface area contributed by atoms with Gasteiger partial charge in [-0.3, -0.25) is 14.6 Å². The fraction of sp³-hybridized carbons (Fsp3) is 0.265. The van der Waals surface area contributed by atoms with E-state index in [1.165, 1.54) is 6.20 Å². The Bertz CT molecular complexity index is 2650. The summed E-state index contributed by atoms with van der Waals surface area (Å²) < 4.78 is 18.2. The average Bonchev–Trinajstić information content (AvgIpc) is 3.25. The number of halogens is 1. The lowest BCUT2D eigenvalue weighted by molar-refractivity contribution is -0.140. The van der Waals surface area contributed by atoms with Gasteiger partial charge in [-0.05, 0) is 87.8 Å². The van der Waals surface area contributed by atoms with E-state index in [1.54, 1.807) is 31.5 Å². The Morgan fingerprint density at radius 1 is 0.746 bits per heavy atom. The minimum Gasteiger partial charge on any atom is -0.496 e. The van der Waals surface area contributed by atoms with E-state index in [0.717, 1.165) is 55.3 Å². The molecule has 14 heteroatoms. The predicted octanol–water partition coefficient (Wildman–Crippen LogP) is 7.73. The van der Waals surface area contributed by atoms with Crippen LogP contribution in [0.15, 0.2) is 97.3 Å². The second-order valence-electron chi connectivity index (χ2n) is 15.2. The van der Waals surface area contributed by atoms with E-state index < -0.39 is 30.6 Å². The van der Waals surface area contributed by atoms with Crippen LogP contribution in [0.4, 0.5) is 0 Å². The summed E-state index contributed by atoms with van der Waals surface area (Å²) in [6, 6.07) is 29.8. The van der Waals surface area contributed by atoms with Crippen molar-refractivity contribution in [2.75, 3.05) is 20.2 Å². The molecule has 0 bridgehead atoms. The van der Waals surface area contributed by atoms with Gasteiger partial charge in [0, 0.05) is 61.3 Å². The van der Waals surface area contributed by atoms with Crippen LogP contribution in [0.2, 0.25) is 5.02 Å². The topological polar surface area (TPSA) is 203 Å². The zero-order valence-corrected chi connectivity index (χ0v) is 35.9. The standard InChI is InChI=1S/C49H49ClN4O9/c1-29-35(28-63-47-19-46(62-27-32-14-31(20-51)21-52-22-32)36(16-44(47)50)23-53-24-37(55)17-48(57)58)6-4-8-40(29)41-9-5-7-39(30(41)2)33-10-12-42-34(15-33)11-13-45(61-3)43(42)26-54-25-38(56)18-49(59)60/h4-16,19,21-22,37-38,53-56H,17-18,23-28H2,1-3H3,(H,57,58)(H,59,60)/t37-,38-/m0/s1. The molecule has 6 N–H and O–H groups in total. The first-order valence-corrected chi connectivity index (χ1v) is 20.6. The number of carboxylic acid groups (broad SMARTS) is 2. The summed E-state index contributed by atoms with van der Waals surface area (Å²) in [4.78, 5) is 26.1. The van der Waals surface area contributed by atoms with Crippen molar-refractivity contribution < 1.29 is 44.2 Å². The van der Waals surface area contributed by atoms with Gasteiger partial charge in [0.05, 0.1) is 42.7 Å². The highest BCUT2D eigenvalue weighted by atomic mass is 35.5. The average molecular weight is 873 g/mol. The third-order valence-corrected chi connectivity index (χ3v) is 11.0. The number of nitriles is 1. The van der Waals surface area contributed by atoms with Crippen LogP contribution < -0.4 is 24.8 Å². The van der Waals surface area contributed by atoms with Gasteiger partial charge in [-0.1, -0.05) is 66.2 Å². The lowest BCUT2D eigenvalue weighted by Crippen LogP contribution is -2.28. The number of pyridine rings is 1. The molecule has 6 rings (SSSR count). The van der Waals surface area contributed by atoms with Crippen LogP contribution in [0, 0.1) is 25.2 Å². The Hall–Kier alpha value is -6.53. The minimum atomic E-state index is -1.10. The van der Waals surface area contributed by atoms with Gasteiger partial charge in [-0.25, -0.2) is 0 Å². The second-order valence-corrected chi connectivity index (χ2v) is 15.6. The van der Waals surface area contributed by atoms with E-state index in [-0.39, 0.29) is 39.3 Å². The number of aromatic nitrogens is 1. The molecule has 0 spiro atoms. The molecule has 1 heterocycles. The van der Waals surface area contributed by atoms with E-state index in [4.69, 9.17) is 36.0 Å².